The summed E-state index contributed by atoms with van der Waals surface area (Å²) >= 11 is 12.1. The first-order valence-electron chi connectivity index (χ1n) is 10.4. The Labute approximate surface area is 194 Å². The second-order valence-electron chi connectivity index (χ2n) is 8.18. The molecule has 2 amide bonds. The number of halogens is 2. The molecule has 0 fully saturated rings. The summed E-state index contributed by atoms with van der Waals surface area (Å²) < 4.78 is 1.78. The van der Waals surface area contributed by atoms with E-state index < -0.39 is 0 Å². The van der Waals surface area contributed by atoms with Gasteiger partial charge in [0.15, 0.2) is 0 Å². The van der Waals surface area contributed by atoms with Crippen LogP contribution >= 0.6 is 23.2 Å². The molecule has 166 valence electrons. The lowest BCUT2D eigenvalue weighted by atomic mass is 9.97. The van der Waals surface area contributed by atoms with Crippen molar-refractivity contribution < 1.29 is 9.59 Å². The molecule has 4 heterocycles. The largest absolute Gasteiger partial charge is 0.331 e. The lowest BCUT2D eigenvalue weighted by Gasteiger charge is -2.35. The van der Waals surface area contributed by atoms with Crippen molar-refractivity contribution in [2.45, 2.75) is 45.4 Å². The normalized spacial score (nSPS) is 19.0. The Hall–Kier alpha value is -2.91. The van der Waals surface area contributed by atoms with E-state index >= 15 is 0 Å². The summed E-state index contributed by atoms with van der Waals surface area (Å²) in [6, 6.07) is 4.57. The first-order valence-corrected chi connectivity index (χ1v) is 11.1. The maximum Gasteiger partial charge on any atom is 0.273 e. The highest BCUT2D eigenvalue weighted by atomic mass is 35.5. The Kier molecular flexibility index (Phi) is 5.17. The number of aromatic amines is 1. The van der Waals surface area contributed by atoms with Gasteiger partial charge in [0.2, 0.25) is 0 Å². The van der Waals surface area contributed by atoms with E-state index in [9.17, 15) is 9.59 Å². The van der Waals surface area contributed by atoms with Gasteiger partial charge in [0.05, 0.1) is 41.1 Å². The van der Waals surface area contributed by atoms with Gasteiger partial charge in [-0.1, -0.05) is 23.2 Å². The molecule has 9 nitrogen and oxygen atoms in total. The van der Waals surface area contributed by atoms with Gasteiger partial charge >= 0.3 is 0 Å². The third-order valence-electron chi connectivity index (χ3n) is 6.26. The molecule has 2 aromatic heterocycles. The molecule has 2 aliphatic heterocycles. The van der Waals surface area contributed by atoms with Gasteiger partial charge in [-0.25, -0.2) is 0 Å². The van der Waals surface area contributed by atoms with E-state index in [0.717, 1.165) is 11.3 Å². The number of fused-ring (bicyclic) bond motifs is 3. The first kappa shape index (κ1) is 21.0. The van der Waals surface area contributed by atoms with Crippen LogP contribution in [0, 0.1) is 0 Å². The van der Waals surface area contributed by atoms with Crippen molar-refractivity contribution in [2.24, 2.45) is 0 Å². The van der Waals surface area contributed by atoms with E-state index in [-0.39, 0.29) is 23.9 Å². The third kappa shape index (κ3) is 3.36. The number of nitrogens with zero attached hydrogens (tertiary/aromatic N) is 6. The zero-order valence-electron chi connectivity index (χ0n) is 17.5. The minimum absolute atomic E-state index is 0.0679. The van der Waals surface area contributed by atoms with Gasteiger partial charge in [0.25, 0.3) is 11.8 Å². The van der Waals surface area contributed by atoms with E-state index in [0.29, 0.717) is 53.1 Å². The maximum atomic E-state index is 13.5. The minimum Gasteiger partial charge on any atom is -0.331 e. The zero-order valence-corrected chi connectivity index (χ0v) is 19.1. The van der Waals surface area contributed by atoms with Crippen LogP contribution in [0.1, 0.15) is 57.7 Å². The smallest absolute Gasteiger partial charge is 0.273 e. The van der Waals surface area contributed by atoms with Crippen LogP contribution in [0.3, 0.4) is 0 Å². The number of aromatic nitrogens is 5. The van der Waals surface area contributed by atoms with Gasteiger partial charge in [-0.05, 0) is 32.0 Å². The average molecular weight is 474 g/mol. The molecule has 5 rings (SSSR count). The van der Waals surface area contributed by atoms with Crippen LogP contribution in [0.4, 0.5) is 0 Å². The summed E-state index contributed by atoms with van der Waals surface area (Å²) in [6.07, 6.45) is 2.20. The van der Waals surface area contributed by atoms with Crippen molar-refractivity contribution in [1.29, 1.82) is 0 Å². The van der Waals surface area contributed by atoms with Crippen molar-refractivity contribution in [3.05, 3.63) is 62.6 Å². The number of nitrogens with one attached hydrogen (secondary N) is 1. The lowest BCUT2D eigenvalue weighted by molar-refractivity contribution is 0.0602. The quantitative estimate of drug-likeness (QED) is 0.629. The van der Waals surface area contributed by atoms with Crippen molar-refractivity contribution in [2.75, 3.05) is 6.54 Å². The topological polar surface area (TPSA) is 100 Å². The molecule has 0 unspecified atom stereocenters. The Morgan fingerprint density at radius 3 is 2.78 bits per heavy atom. The predicted molar refractivity (Wildman–Crippen MR) is 118 cm³/mol. The molecule has 0 saturated carbocycles. The van der Waals surface area contributed by atoms with Gasteiger partial charge in [-0.15, -0.1) is 0 Å². The monoisotopic (exact) mass is 473 g/mol. The van der Waals surface area contributed by atoms with Crippen molar-refractivity contribution in [3.8, 4) is 0 Å². The third-order valence-corrected chi connectivity index (χ3v) is 6.99. The van der Waals surface area contributed by atoms with Gasteiger partial charge in [-0.2, -0.15) is 20.5 Å². The molecule has 0 saturated heterocycles. The number of amides is 2. The molecule has 11 heteroatoms. The van der Waals surface area contributed by atoms with Crippen LogP contribution in [-0.4, -0.2) is 59.4 Å². The lowest BCUT2D eigenvalue weighted by Crippen LogP contribution is -2.44. The van der Waals surface area contributed by atoms with Crippen molar-refractivity contribution in [3.63, 3.8) is 0 Å². The number of H-pyrrole nitrogens is 1. The number of carbonyl (C=O) groups is 2. The summed E-state index contributed by atoms with van der Waals surface area (Å²) in [7, 11) is 0. The molecule has 0 radical (unpaired) electrons. The van der Waals surface area contributed by atoms with E-state index in [1.807, 2.05) is 13.8 Å². The first-order chi connectivity index (χ1) is 15.3. The summed E-state index contributed by atoms with van der Waals surface area (Å²) in [5.74, 6) is -0.269. The van der Waals surface area contributed by atoms with E-state index in [2.05, 4.69) is 15.4 Å². The van der Waals surface area contributed by atoms with E-state index in [4.69, 9.17) is 28.3 Å². The van der Waals surface area contributed by atoms with Crippen LogP contribution in [0.2, 0.25) is 10.0 Å². The van der Waals surface area contributed by atoms with Gasteiger partial charge < -0.3 is 9.80 Å². The molecular formula is C21H21Cl2N7O2. The van der Waals surface area contributed by atoms with Crippen LogP contribution in [-0.2, 0) is 19.5 Å². The van der Waals surface area contributed by atoms with E-state index in [1.54, 1.807) is 38.9 Å². The highest BCUT2D eigenvalue weighted by Crippen LogP contribution is 2.32. The highest BCUT2D eigenvalue weighted by Gasteiger charge is 2.38. The van der Waals surface area contributed by atoms with Crippen LogP contribution in [0.5, 0.6) is 0 Å². The van der Waals surface area contributed by atoms with Crippen molar-refractivity contribution in [1.82, 2.24) is 35.0 Å². The molecule has 0 bridgehead atoms. The summed E-state index contributed by atoms with van der Waals surface area (Å²) in [5, 5.41) is 16.0. The number of hydrogen-bond donors (Lipinski definition) is 1. The summed E-state index contributed by atoms with van der Waals surface area (Å²) in [4.78, 5) is 30.3. The van der Waals surface area contributed by atoms with Gasteiger partial charge in [0.1, 0.15) is 11.4 Å². The Balaban J connectivity index is 1.46. The number of hydrogen-bond acceptors (Lipinski definition) is 5. The van der Waals surface area contributed by atoms with Crippen LogP contribution in [0.15, 0.2) is 24.4 Å². The number of carbonyl (C=O) groups excluding carboxylic acids is 2. The number of benzene rings is 1. The number of rotatable bonds is 3. The second-order valence-corrected chi connectivity index (χ2v) is 9.00. The Bertz CT molecular complexity index is 1210. The predicted octanol–water partition coefficient (Wildman–Crippen LogP) is 3.11. The SMILES string of the molecule is C[C@@H]1Cc2nn3c(c2CN1C(=O)c1ccc(Cl)c(Cl)c1)C(=O)N([C@@H](C)c1cn[nH]n1)CC3. The average Bonchev–Trinajstić information content (AvgIpc) is 3.42. The molecule has 32 heavy (non-hydrogen) atoms. The zero-order chi connectivity index (χ0) is 22.6. The molecule has 1 aromatic carbocycles. The minimum atomic E-state index is -0.225. The van der Waals surface area contributed by atoms with Crippen LogP contribution in [0.25, 0.3) is 0 Å². The highest BCUT2D eigenvalue weighted by molar-refractivity contribution is 6.42. The molecule has 2 atom stereocenters. The van der Waals surface area contributed by atoms with Crippen LogP contribution < -0.4 is 0 Å². The second kappa shape index (κ2) is 7.90. The molecule has 0 spiro atoms. The summed E-state index contributed by atoms with van der Waals surface area (Å²) in [5.41, 5.74) is 3.38. The molecule has 2 aliphatic rings. The fourth-order valence-corrected chi connectivity index (χ4v) is 4.74. The van der Waals surface area contributed by atoms with E-state index in [1.165, 1.54) is 0 Å². The van der Waals surface area contributed by atoms with Gasteiger partial charge in [0, 0.05) is 30.1 Å². The Morgan fingerprint density at radius 1 is 1.25 bits per heavy atom. The molecule has 3 aromatic rings. The fourth-order valence-electron chi connectivity index (χ4n) is 4.44. The standard InChI is InChI=1S/C21H21Cl2N7O2/c1-11-7-17-14(10-29(11)20(31)13-3-4-15(22)16(23)8-13)19-21(32)28(5-6-30(19)26-17)12(2)18-9-24-27-25-18/h3-4,8-9,11-12H,5-7,10H2,1-2H3,(H,24,25,27)/t11-,12+/m1/s1. The Morgan fingerprint density at radius 2 is 2.06 bits per heavy atom. The molecular weight excluding hydrogens is 453 g/mol. The maximum absolute atomic E-state index is 13.5. The summed E-state index contributed by atoms with van der Waals surface area (Å²) in [6.45, 7) is 5.34. The molecule has 0 aliphatic carbocycles. The fraction of sp³-hybridized carbons (Fsp3) is 0.381. The van der Waals surface area contributed by atoms with Crippen molar-refractivity contribution >= 4 is 35.0 Å². The molecule has 1 N–H and O–H groups in total. The van der Waals surface area contributed by atoms with Gasteiger partial charge in [-0.3, -0.25) is 14.3 Å².